The monoisotopic (exact) mass is 263 g/mol. The van der Waals surface area contributed by atoms with Crippen molar-refractivity contribution in [3.05, 3.63) is 17.7 Å². The molecule has 0 saturated heterocycles. The smallest absolute Gasteiger partial charge is 0.142 e. The summed E-state index contributed by atoms with van der Waals surface area (Å²) in [6.07, 6.45) is 0. The first-order valence-corrected chi connectivity index (χ1v) is 5.60. The molecule has 1 aromatic rings. The average molecular weight is 264 g/mol. The largest absolute Gasteiger partial charge is 0.496 e. The van der Waals surface area contributed by atoms with Crippen LogP contribution in [0.2, 0.25) is 0 Å². The molecule has 0 saturated carbocycles. The lowest BCUT2D eigenvalue weighted by atomic mass is 10.1. The van der Waals surface area contributed by atoms with E-state index in [0.29, 0.717) is 17.1 Å². The van der Waals surface area contributed by atoms with Crippen molar-refractivity contribution < 1.29 is 9.47 Å². The Hall–Kier alpha value is -0.800. The van der Waals surface area contributed by atoms with E-state index in [0.717, 1.165) is 5.69 Å². The summed E-state index contributed by atoms with van der Waals surface area (Å²) in [7, 11) is 7.04. The number of nitrogens with zero attached hydrogens (tertiary/aromatic N) is 1. The number of rotatable bonds is 4. The van der Waals surface area contributed by atoms with Crippen molar-refractivity contribution in [2.45, 2.75) is 4.84 Å². The summed E-state index contributed by atoms with van der Waals surface area (Å²) in [5.41, 5.74) is 1.62. The quantitative estimate of drug-likeness (QED) is 0.779. The van der Waals surface area contributed by atoms with Gasteiger partial charge in [0.1, 0.15) is 16.3 Å². The topological polar surface area (TPSA) is 21.7 Å². The van der Waals surface area contributed by atoms with Gasteiger partial charge in [0, 0.05) is 25.7 Å². The highest BCUT2D eigenvalue weighted by Gasteiger charge is 2.16. The number of anilines is 1. The van der Waals surface area contributed by atoms with Crippen molar-refractivity contribution in [3.8, 4) is 11.5 Å². The number of halogens is 2. The lowest BCUT2D eigenvalue weighted by molar-refractivity contribution is 0.400. The summed E-state index contributed by atoms with van der Waals surface area (Å²) in [5.74, 6) is 1.37. The summed E-state index contributed by atoms with van der Waals surface area (Å²) >= 11 is 11.7. The number of benzene rings is 1. The predicted octanol–water partition coefficient (Wildman–Crippen LogP) is 3.25. The summed E-state index contributed by atoms with van der Waals surface area (Å²) < 4.78 is 10.5. The van der Waals surface area contributed by atoms with Gasteiger partial charge in [-0.1, -0.05) is 23.2 Å². The van der Waals surface area contributed by atoms with Gasteiger partial charge in [0.25, 0.3) is 0 Å². The SMILES string of the molecule is COc1cc(N(C)C)c(OC)cc1C(Cl)Cl. The Bertz CT molecular complexity index is 331. The van der Waals surface area contributed by atoms with E-state index in [1.54, 1.807) is 20.3 Å². The molecule has 3 nitrogen and oxygen atoms in total. The molecule has 0 amide bonds. The number of hydrogen-bond donors (Lipinski definition) is 0. The molecule has 0 unspecified atom stereocenters. The van der Waals surface area contributed by atoms with E-state index in [4.69, 9.17) is 32.7 Å². The fourth-order valence-electron chi connectivity index (χ4n) is 1.43. The minimum atomic E-state index is -0.639. The van der Waals surface area contributed by atoms with E-state index >= 15 is 0 Å². The van der Waals surface area contributed by atoms with Crippen LogP contribution in [-0.2, 0) is 0 Å². The van der Waals surface area contributed by atoms with Gasteiger partial charge >= 0.3 is 0 Å². The molecule has 0 aliphatic carbocycles. The van der Waals surface area contributed by atoms with Gasteiger partial charge in [0.15, 0.2) is 0 Å². The van der Waals surface area contributed by atoms with E-state index in [2.05, 4.69) is 0 Å². The van der Waals surface area contributed by atoms with Gasteiger partial charge < -0.3 is 14.4 Å². The minimum absolute atomic E-state index is 0.639. The third-order valence-electron chi connectivity index (χ3n) is 2.25. The Labute approximate surface area is 106 Å². The number of hydrogen-bond acceptors (Lipinski definition) is 3. The van der Waals surface area contributed by atoms with Gasteiger partial charge in [0.05, 0.1) is 19.9 Å². The molecule has 5 heteroatoms. The molecule has 1 rings (SSSR count). The van der Waals surface area contributed by atoms with Gasteiger partial charge in [-0.2, -0.15) is 0 Å². The van der Waals surface area contributed by atoms with E-state index in [9.17, 15) is 0 Å². The summed E-state index contributed by atoms with van der Waals surface area (Å²) in [6.45, 7) is 0. The van der Waals surface area contributed by atoms with E-state index in [-0.39, 0.29) is 0 Å². The zero-order chi connectivity index (χ0) is 12.3. The van der Waals surface area contributed by atoms with E-state index < -0.39 is 4.84 Å². The fourth-order valence-corrected chi connectivity index (χ4v) is 1.77. The Morgan fingerprint density at radius 2 is 1.62 bits per heavy atom. The minimum Gasteiger partial charge on any atom is -0.496 e. The lowest BCUT2D eigenvalue weighted by Crippen LogP contribution is -2.11. The highest BCUT2D eigenvalue weighted by atomic mass is 35.5. The average Bonchev–Trinajstić information content (AvgIpc) is 2.26. The van der Waals surface area contributed by atoms with Crippen molar-refractivity contribution in [3.63, 3.8) is 0 Å². The maximum Gasteiger partial charge on any atom is 0.142 e. The Kier molecular flexibility index (Phi) is 4.56. The van der Waals surface area contributed by atoms with Crippen molar-refractivity contribution >= 4 is 28.9 Å². The molecule has 0 N–H and O–H groups in total. The van der Waals surface area contributed by atoms with Crippen LogP contribution in [0.15, 0.2) is 12.1 Å². The summed E-state index contributed by atoms with van der Waals surface area (Å²) in [5, 5.41) is 0. The van der Waals surface area contributed by atoms with E-state index in [1.165, 1.54) is 0 Å². The Balaban J connectivity index is 3.34. The standard InChI is InChI=1S/C11H15Cl2NO2/c1-14(2)8-6-9(15-3)7(11(12)13)5-10(8)16-4/h5-6,11H,1-4H3. The molecule has 0 spiro atoms. The zero-order valence-electron chi connectivity index (χ0n) is 9.75. The van der Waals surface area contributed by atoms with Crippen LogP contribution in [0.25, 0.3) is 0 Å². The first-order chi connectivity index (χ1) is 7.51. The molecular weight excluding hydrogens is 249 g/mol. The van der Waals surface area contributed by atoms with Gasteiger partial charge in [-0.25, -0.2) is 0 Å². The molecule has 0 radical (unpaired) electrons. The number of methoxy groups -OCH3 is 2. The normalized spacial score (nSPS) is 10.4. The molecule has 0 bridgehead atoms. The molecule has 0 aliphatic rings. The van der Waals surface area contributed by atoms with Gasteiger partial charge in [-0.3, -0.25) is 0 Å². The second-order valence-electron chi connectivity index (χ2n) is 3.46. The van der Waals surface area contributed by atoms with Crippen LogP contribution in [0.4, 0.5) is 5.69 Å². The molecule has 1 aromatic carbocycles. The number of ether oxygens (including phenoxy) is 2. The molecular formula is C11H15Cl2NO2. The first kappa shape index (κ1) is 13.3. The molecule has 0 heterocycles. The van der Waals surface area contributed by atoms with Gasteiger partial charge in [-0.05, 0) is 6.07 Å². The van der Waals surface area contributed by atoms with Crippen LogP contribution >= 0.6 is 23.2 Å². The van der Waals surface area contributed by atoms with Crippen molar-refractivity contribution in [2.24, 2.45) is 0 Å². The molecule has 16 heavy (non-hydrogen) atoms. The third-order valence-corrected chi connectivity index (χ3v) is 2.72. The highest BCUT2D eigenvalue weighted by molar-refractivity contribution is 6.44. The fraction of sp³-hybridized carbons (Fsp3) is 0.455. The van der Waals surface area contributed by atoms with Crippen LogP contribution < -0.4 is 14.4 Å². The van der Waals surface area contributed by atoms with Crippen LogP contribution in [-0.4, -0.2) is 28.3 Å². The van der Waals surface area contributed by atoms with Crippen molar-refractivity contribution in [1.82, 2.24) is 0 Å². The van der Waals surface area contributed by atoms with Gasteiger partial charge in [-0.15, -0.1) is 0 Å². The highest BCUT2D eigenvalue weighted by Crippen LogP contribution is 2.40. The molecule has 0 aromatic heterocycles. The maximum absolute atomic E-state index is 5.86. The van der Waals surface area contributed by atoms with Crippen molar-refractivity contribution in [2.75, 3.05) is 33.2 Å². The second-order valence-corrected chi connectivity index (χ2v) is 4.56. The zero-order valence-corrected chi connectivity index (χ0v) is 11.3. The van der Waals surface area contributed by atoms with Crippen LogP contribution in [0.3, 0.4) is 0 Å². The molecule has 0 atom stereocenters. The molecule has 90 valence electrons. The van der Waals surface area contributed by atoms with Crippen LogP contribution in [0.5, 0.6) is 11.5 Å². The van der Waals surface area contributed by atoms with Crippen LogP contribution in [0, 0.1) is 0 Å². The summed E-state index contributed by atoms with van der Waals surface area (Å²) in [6, 6.07) is 3.64. The van der Waals surface area contributed by atoms with Crippen molar-refractivity contribution in [1.29, 1.82) is 0 Å². The first-order valence-electron chi connectivity index (χ1n) is 4.72. The second kappa shape index (κ2) is 5.51. The molecule has 0 fully saturated rings. The number of alkyl halides is 2. The Morgan fingerprint density at radius 3 is 2.00 bits per heavy atom. The summed E-state index contributed by atoms with van der Waals surface area (Å²) in [4.78, 5) is 1.29. The van der Waals surface area contributed by atoms with Gasteiger partial charge in [0.2, 0.25) is 0 Å². The molecule has 0 aliphatic heterocycles. The van der Waals surface area contributed by atoms with Crippen LogP contribution in [0.1, 0.15) is 10.4 Å². The maximum atomic E-state index is 5.86. The predicted molar refractivity (Wildman–Crippen MR) is 68.3 cm³/mol. The Morgan fingerprint density at radius 1 is 1.06 bits per heavy atom. The van der Waals surface area contributed by atoms with E-state index in [1.807, 2.05) is 25.1 Å². The third kappa shape index (κ3) is 2.66. The lowest BCUT2D eigenvalue weighted by Gasteiger charge is -2.20.